The summed E-state index contributed by atoms with van der Waals surface area (Å²) in [6.45, 7) is -1.02. The third-order valence-electron chi connectivity index (χ3n) is 3.02. The molecule has 6 heteroatoms. The Hall–Kier alpha value is -1.24. The number of hydrogen-bond donors (Lipinski definition) is 2. The highest BCUT2D eigenvalue weighted by Gasteiger charge is 2.17. The molecule has 0 saturated carbocycles. The van der Waals surface area contributed by atoms with E-state index in [0.717, 1.165) is 13.0 Å². The van der Waals surface area contributed by atoms with Crippen molar-refractivity contribution in [1.82, 2.24) is 5.32 Å². The molecule has 2 unspecified atom stereocenters. The van der Waals surface area contributed by atoms with Gasteiger partial charge < -0.3 is 19.9 Å². The second-order valence-corrected chi connectivity index (χ2v) is 4.43. The van der Waals surface area contributed by atoms with Gasteiger partial charge in [-0.05, 0) is 24.1 Å². The highest BCUT2D eigenvalue weighted by molar-refractivity contribution is 5.28. The normalized spacial score (nSPS) is 20.7. The van der Waals surface area contributed by atoms with Crippen molar-refractivity contribution in [3.05, 3.63) is 29.8 Å². The first-order valence-electron chi connectivity index (χ1n) is 6.19. The second-order valence-electron chi connectivity index (χ2n) is 4.43. The largest absolute Gasteiger partial charge is 0.435 e. The summed E-state index contributed by atoms with van der Waals surface area (Å²) in [5, 5.41) is 13.2. The van der Waals surface area contributed by atoms with Gasteiger partial charge in [0.1, 0.15) is 5.75 Å². The first kappa shape index (κ1) is 14.2. The van der Waals surface area contributed by atoms with Crippen LogP contribution < -0.4 is 10.1 Å². The molecule has 0 aliphatic carbocycles. The van der Waals surface area contributed by atoms with Gasteiger partial charge in [-0.3, -0.25) is 0 Å². The van der Waals surface area contributed by atoms with Gasteiger partial charge in [-0.2, -0.15) is 8.78 Å². The number of aliphatic hydroxyl groups is 1. The Kier molecular flexibility index (Phi) is 5.07. The molecule has 1 heterocycles. The molecule has 1 aromatic rings. The molecule has 4 nitrogen and oxygen atoms in total. The van der Waals surface area contributed by atoms with E-state index in [1.165, 1.54) is 12.1 Å². The molecular formula is C13H17F2NO3. The molecule has 0 aromatic heterocycles. The molecule has 1 saturated heterocycles. The molecule has 106 valence electrons. The number of hydrogen-bond acceptors (Lipinski definition) is 4. The maximum Gasteiger partial charge on any atom is 0.387 e. The van der Waals surface area contributed by atoms with Crippen molar-refractivity contribution in [3.8, 4) is 5.75 Å². The third kappa shape index (κ3) is 4.41. The van der Waals surface area contributed by atoms with E-state index in [9.17, 15) is 13.9 Å². The van der Waals surface area contributed by atoms with Gasteiger partial charge in [0.25, 0.3) is 0 Å². The monoisotopic (exact) mass is 273 g/mol. The van der Waals surface area contributed by atoms with Crippen molar-refractivity contribution in [2.45, 2.75) is 25.2 Å². The van der Waals surface area contributed by atoms with Gasteiger partial charge in [-0.15, -0.1) is 0 Å². The maximum atomic E-state index is 12.0. The van der Waals surface area contributed by atoms with Crippen molar-refractivity contribution in [2.24, 2.45) is 0 Å². The zero-order valence-electron chi connectivity index (χ0n) is 10.4. The molecule has 0 amide bonds. The van der Waals surface area contributed by atoms with E-state index in [1.807, 2.05) is 0 Å². The Balaban J connectivity index is 1.82. The molecule has 2 rings (SSSR count). The molecule has 1 fully saturated rings. The summed E-state index contributed by atoms with van der Waals surface area (Å²) in [5.41, 5.74) is 0.660. The maximum absolute atomic E-state index is 12.0. The van der Waals surface area contributed by atoms with Crippen LogP contribution in [0.2, 0.25) is 0 Å². The lowest BCUT2D eigenvalue weighted by Gasteiger charge is -2.16. The van der Waals surface area contributed by atoms with Crippen molar-refractivity contribution in [2.75, 3.05) is 19.8 Å². The first-order chi connectivity index (χ1) is 9.15. The predicted octanol–water partition coefficient (Wildman–Crippen LogP) is 1.70. The molecule has 0 bridgehead atoms. The topological polar surface area (TPSA) is 50.7 Å². The van der Waals surface area contributed by atoms with Crippen LogP contribution in [0, 0.1) is 0 Å². The molecule has 0 radical (unpaired) electrons. The number of alkyl halides is 2. The van der Waals surface area contributed by atoms with E-state index in [0.29, 0.717) is 18.7 Å². The minimum atomic E-state index is -2.83. The Morgan fingerprint density at radius 3 is 2.68 bits per heavy atom. The summed E-state index contributed by atoms with van der Waals surface area (Å²) >= 11 is 0. The first-order valence-corrected chi connectivity index (χ1v) is 6.19. The number of ether oxygens (including phenoxy) is 2. The quantitative estimate of drug-likeness (QED) is 0.828. The summed E-state index contributed by atoms with van der Waals surface area (Å²) in [5.74, 6) is 0.0862. The lowest BCUT2D eigenvalue weighted by Crippen LogP contribution is -2.32. The zero-order chi connectivity index (χ0) is 13.7. The third-order valence-corrected chi connectivity index (χ3v) is 3.02. The van der Waals surface area contributed by atoms with Crippen LogP contribution in [-0.2, 0) is 4.74 Å². The van der Waals surface area contributed by atoms with E-state index in [1.54, 1.807) is 12.1 Å². The Bertz CT molecular complexity index is 380. The summed E-state index contributed by atoms with van der Waals surface area (Å²) in [4.78, 5) is 0. The summed E-state index contributed by atoms with van der Waals surface area (Å²) in [6.07, 6.45) is 0.259. The average Bonchev–Trinajstić information content (AvgIpc) is 2.89. The van der Waals surface area contributed by atoms with E-state index in [-0.39, 0.29) is 11.8 Å². The molecule has 1 aliphatic heterocycles. The highest BCUT2D eigenvalue weighted by atomic mass is 19.3. The minimum absolute atomic E-state index is 0.0862. The second kappa shape index (κ2) is 6.79. The predicted molar refractivity (Wildman–Crippen MR) is 65.3 cm³/mol. The van der Waals surface area contributed by atoms with E-state index < -0.39 is 12.7 Å². The van der Waals surface area contributed by atoms with E-state index in [4.69, 9.17) is 4.74 Å². The van der Waals surface area contributed by atoms with Gasteiger partial charge in [0.2, 0.25) is 0 Å². The van der Waals surface area contributed by atoms with Crippen LogP contribution in [0.1, 0.15) is 18.1 Å². The van der Waals surface area contributed by atoms with Crippen molar-refractivity contribution < 1.29 is 23.4 Å². The zero-order valence-corrected chi connectivity index (χ0v) is 10.4. The molecule has 19 heavy (non-hydrogen) atoms. The molecule has 1 aliphatic rings. The molecule has 0 spiro atoms. The SMILES string of the molecule is OC(CNC1CCOC1)c1ccc(OC(F)F)cc1. The lowest BCUT2D eigenvalue weighted by molar-refractivity contribution is -0.0498. The Morgan fingerprint density at radius 1 is 1.37 bits per heavy atom. The van der Waals surface area contributed by atoms with Crippen molar-refractivity contribution in [1.29, 1.82) is 0 Å². The standard InChI is InChI=1S/C13H17F2NO3/c14-13(15)19-11-3-1-9(2-4-11)12(17)7-16-10-5-6-18-8-10/h1-4,10,12-13,16-17H,5-8H2. The Labute approximate surface area is 110 Å². The van der Waals surface area contributed by atoms with Gasteiger partial charge in [0.05, 0.1) is 12.7 Å². The number of halogens is 2. The fraction of sp³-hybridized carbons (Fsp3) is 0.538. The Morgan fingerprint density at radius 2 is 2.11 bits per heavy atom. The molecule has 1 aromatic carbocycles. The van der Waals surface area contributed by atoms with Crippen molar-refractivity contribution >= 4 is 0 Å². The summed E-state index contributed by atoms with van der Waals surface area (Å²) < 4.78 is 33.4. The highest BCUT2D eigenvalue weighted by Crippen LogP contribution is 2.19. The average molecular weight is 273 g/mol. The van der Waals surface area contributed by atoms with Crippen molar-refractivity contribution in [3.63, 3.8) is 0 Å². The minimum Gasteiger partial charge on any atom is -0.435 e. The van der Waals surface area contributed by atoms with Crippen LogP contribution in [0.25, 0.3) is 0 Å². The van der Waals surface area contributed by atoms with Gasteiger partial charge in [-0.25, -0.2) is 0 Å². The van der Waals surface area contributed by atoms with Crippen LogP contribution in [0.15, 0.2) is 24.3 Å². The van der Waals surface area contributed by atoms with Gasteiger partial charge in [0.15, 0.2) is 0 Å². The fourth-order valence-electron chi connectivity index (χ4n) is 1.96. The van der Waals surface area contributed by atoms with Crippen LogP contribution >= 0.6 is 0 Å². The van der Waals surface area contributed by atoms with Gasteiger partial charge >= 0.3 is 6.61 Å². The number of benzene rings is 1. The molecular weight excluding hydrogens is 256 g/mol. The van der Waals surface area contributed by atoms with E-state index in [2.05, 4.69) is 10.1 Å². The van der Waals surface area contributed by atoms with Gasteiger partial charge in [0, 0.05) is 19.2 Å². The lowest BCUT2D eigenvalue weighted by atomic mass is 10.1. The smallest absolute Gasteiger partial charge is 0.387 e. The number of nitrogens with one attached hydrogen (secondary N) is 1. The van der Waals surface area contributed by atoms with Crippen LogP contribution in [0.4, 0.5) is 8.78 Å². The number of aliphatic hydroxyl groups excluding tert-OH is 1. The molecule has 2 N–H and O–H groups in total. The van der Waals surface area contributed by atoms with Gasteiger partial charge in [-0.1, -0.05) is 12.1 Å². The molecule has 2 atom stereocenters. The number of rotatable bonds is 6. The fourth-order valence-corrected chi connectivity index (χ4v) is 1.96. The van der Waals surface area contributed by atoms with E-state index >= 15 is 0 Å². The van der Waals surface area contributed by atoms with Crippen LogP contribution in [-0.4, -0.2) is 37.5 Å². The van der Waals surface area contributed by atoms with Crippen LogP contribution in [0.3, 0.4) is 0 Å². The summed E-state index contributed by atoms with van der Waals surface area (Å²) in [7, 11) is 0. The summed E-state index contributed by atoms with van der Waals surface area (Å²) in [6, 6.07) is 6.27. The van der Waals surface area contributed by atoms with Crippen LogP contribution in [0.5, 0.6) is 5.75 Å².